The van der Waals surface area contributed by atoms with Crippen molar-refractivity contribution < 1.29 is 9.53 Å². The van der Waals surface area contributed by atoms with Crippen LogP contribution in [0.5, 0.6) is 0 Å². The van der Waals surface area contributed by atoms with Crippen LogP contribution in [0.1, 0.15) is 28.2 Å². The minimum Gasteiger partial charge on any atom is -0.385 e. The molecule has 1 amide bonds. The topological polar surface area (TPSA) is 90.5 Å². The number of rotatable bonds is 7. The summed E-state index contributed by atoms with van der Waals surface area (Å²) in [4.78, 5) is 35.0. The van der Waals surface area contributed by atoms with E-state index in [1.165, 1.54) is 4.40 Å². The largest absolute Gasteiger partial charge is 0.385 e. The molecule has 0 bridgehead atoms. The Bertz CT molecular complexity index is 1260. The minimum atomic E-state index is -0.277. The number of carbonyl (C=O) groups excluding carboxylic acids is 1. The van der Waals surface area contributed by atoms with Crippen LogP contribution in [0.15, 0.2) is 53.6 Å². The summed E-state index contributed by atoms with van der Waals surface area (Å²) in [7, 11) is 1.63. The molecule has 0 unspecified atom stereocenters. The molecule has 30 heavy (non-hydrogen) atoms. The van der Waals surface area contributed by atoms with Crippen molar-refractivity contribution in [2.45, 2.75) is 26.4 Å². The molecule has 4 rings (SSSR count). The first-order valence-electron chi connectivity index (χ1n) is 9.78. The smallest absolute Gasteiger partial charge is 0.268 e. The molecule has 0 atom stereocenters. The Hall–Kier alpha value is -3.52. The highest BCUT2D eigenvalue weighted by Gasteiger charge is 2.20. The van der Waals surface area contributed by atoms with Crippen LogP contribution in [0.4, 0.5) is 0 Å². The number of nitrogens with zero attached hydrogens (tertiary/aromatic N) is 4. The molecule has 0 radical (unpaired) electrons. The number of hydrogen-bond acceptors (Lipinski definition) is 5. The third-order valence-corrected chi connectivity index (χ3v) is 5.01. The molecule has 8 nitrogen and oxygen atoms in total. The van der Waals surface area contributed by atoms with Crippen molar-refractivity contribution in [2.24, 2.45) is 0 Å². The number of aromatic nitrogens is 4. The van der Waals surface area contributed by atoms with Crippen LogP contribution in [0.2, 0.25) is 0 Å². The summed E-state index contributed by atoms with van der Waals surface area (Å²) in [6, 6.07) is 10.9. The van der Waals surface area contributed by atoms with Gasteiger partial charge in [-0.05, 0) is 43.2 Å². The van der Waals surface area contributed by atoms with E-state index in [1.54, 1.807) is 30.1 Å². The Labute approximate surface area is 173 Å². The zero-order valence-electron chi connectivity index (χ0n) is 17.0. The molecular weight excluding hydrogens is 382 g/mol. The first-order chi connectivity index (χ1) is 14.6. The van der Waals surface area contributed by atoms with Crippen LogP contribution >= 0.6 is 0 Å². The second kappa shape index (κ2) is 8.46. The molecule has 0 saturated carbocycles. The van der Waals surface area contributed by atoms with Gasteiger partial charge in [0.05, 0.1) is 17.6 Å². The van der Waals surface area contributed by atoms with Gasteiger partial charge in [-0.1, -0.05) is 12.1 Å². The normalized spacial score (nSPS) is 11.3. The molecule has 0 saturated heterocycles. The Morgan fingerprint density at radius 3 is 2.83 bits per heavy atom. The van der Waals surface area contributed by atoms with Crippen LogP contribution in [0.25, 0.3) is 16.7 Å². The zero-order chi connectivity index (χ0) is 21.1. The number of hydrogen-bond donors (Lipinski definition) is 1. The second-order valence-electron chi connectivity index (χ2n) is 7.07. The molecule has 0 aliphatic heterocycles. The van der Waals surface area contributed by atoms with Gasteiger partial charge in [0.2, 0.25) is 0 Å². The number of nitrogens with one attached hydrogen (secondary N) is 1. The zero-order valence-corrected chi connectivity index (χ0v) is 17.0. The summed E-state index contributed by atoms with van der Waals surface area (Å²) >= 11 is 0. The van der Waals surface area contributed by atoms with E-state index in [2.05, 4.69) is 10.3 Å². The van der Waals surface area contributed by atoms with Crippen molar-refractivity contribution in [3.8, 4) is 0 Å². The lowest BCUT2D eigenvalue weighted by atomic mass is 10.3. The van der Waals surface area contributed by atoms with Crippen molar-refractivity contribution >= 4 is 22.6 Å². The molecule has 0 spiro atoms. The van der Waals surface area contributed by atoms with E-state index >= 15 is 0 Å². The lowest BCUT2D eigenvalue weighted by Gasteiger charge is -2.11. The predicted octanol–water partition coefficient (Wildman–Crippen LogP) is 2.32. The maximum absolute atomic E-state index is 13.1. The summed E-state index contributed by atoms with van der Waals surface area (Å²) in [5.41, 5.74) is 2.95. The van der Waals surface area contributed by atoms with Crippen molar-refractivity contribution in [1.29, 1.82) is 0 Å². The van der Waals surface area contributed by atoms with Crippen LogP contribution in [0, 0.1) is 6.92 Å². The Morgan fingerprint density at radius 1 is 1.20 bits per heavy atom. The van der Waals surface area contributed by atoms with Crippen LogP contribution < -0.4 is 10.9 Å². The van der Waals surface area contributed by atoms with E-state index in [1.807, 2.05) is 37.3 Å². The highest BCUT2D eigenvalue weighted by molar-refractivity contribution is 5.98. The third-order valence-electron chi connectivity index (χ3n) is 5.01. The van der Waals surface area contributed by atoms with Gasteiger partial charge in [-0.3, -0.25) is 19.0 Å². The number of amides is 1. The molecule has 1 N–H and O–H groups in total. The Morgan fingerprint density at radius 2 is 2.07 bits per heavy atom. The van der Waals surface area contributed by atoms with Crippen LogP contribution in [-0.2, 0) is 17.8 Å². The Kier molecular flexibility index (Phi) is 5.58. The Balaban J connectivity index is 1.79. The summed E-state index contributed by atoms with van der Waals surface area (Å²) < 4.78 is 8.48. The van der Waals surface area contributed by atoms with Crippen molar-refractivity contribution in [2.75, 3.05) is 13.7 Å². The summed E-state index contributed by atoms with van der Waals surface area (Å²) in [5, 5.41) is 3.30. The molecule has 8 heteroatoms. The quantitative estimate of drug-likeness (QED) is 0.477. The van der Waals surface area contributed by atoms with Gasteiger partial charge < -0.3 is 14.6 Å². The highest BCUT2D eigenvalue weighted by Crippen LogP contribution is 2.18. The summed E-state index contributed by atoms with van der Waals surface area (Å²) in [6.07, 6.45) is 4.07. The maximum Gasteiger partial charge on any atom is 0.268 e. The van der Waals surface area contributed by atoms with Gasteiger partial charge in [-0.2, -0.15) is 0 Å². The monoisotopic (exact) mass is 405 g/mol. The standard InChI is InChI=1S/C22H23N5O3/c1-15-7-5-10-27-19(15)25-20-17(22(27)29)13-18(26(20)11-6-12-30-2)21(28)24-14-16-8-3-4-9-23-16/h3-5,7-10,13H,6,11-12,14H2,1-2H3,(H,24,28). The van der Waals surface area contributed by atoms with Gasteiger partial charge in [0.1, 0.15) is 17.0 Å². The van der Waals surface area contributed by atoms with E-state index < -0.39 is 0 Å². The fourth-order valence-electron chi connectivity index (χ4n) is 3.51. The fraction of sp³-hybridized carbons (Fsp3) is 0.273. The van der Waals surface area contributed by atoms with Gasteiger partial charge in [-0.25, -0.2) is 4.98 Å². The van der Waals surface area contributed by atoms with Gasteiger partial charge in [0, 0.05) is 32.7 Å². The minimum absolute atomic E-state index is 0.192. The molecule has 0 aliphatic rings. The summed E-state index contributed by atoms with van der Waals surface area (Å²) in [5.74, 6) is -0.277. The predicted molar refractivity (Wildman–Crippen MR) is 114 cm³/mol. The maximum atomic E-state index is 13.1. The molecule has 0 aromatic carbocycles. The number of fused-ring (bicyclic) bond motifs is 2. The molecule has 4 aromatic rings. The molecular formula is C22H23N5O3. The summed E-state index contributed by atoms with van der Waals surface area (Å²) in [6.45, 7) is 3.26. The van der Waals surface area contributed by atoms with E-state index in [9.17, 15) is 9.59 Å². The molecule has 0 fully saturated rings. The van der Waals surface area contributed by atoms with Gasteiger partial charge in [0.25, 0.3) is 11.5 Å². The number of methoxy groups -OCH3 is 1. The first kappa shape index (κ1) is 19.8. The van der Waals surface area contributed by atoms with E-state index in [0.29, 0.717) is 48.5 Å². The van der Waals surface area contributed by atoms with Gasteiger partial charge in [-0.15, -0.1) is 0 Å². The van der Waals surface area contributed by atoms with Crippen LogP contribution in [-0.4, -0.2) is 38.6 Å². The number of aryl methyl sites for hydroxylation is 2. The van der Waals surface area contributed by atoms with E-state index in [-0.39, 0.29) is 11.5 Å². The molecule has 0 aliphatic carbocycles. The number of pyridine rings is 2. The first-order valence-corrected chi connectivity index (χ1v) is 9.78. The third kappa shape index (κ3) is 3.69. The average molecular weight is 405 g/mol. The van der Waals surface area contributed by atoms with Crippen LogP contribution in [0.3, 0.4) is 0 Å². The SMILES string of the molecule is COCCCn1c(C(=O)NCc2ccccn2)cc2c(=O)n3cccc(C)c3nc21. The number of carbonyl (C=O) groups is 1. The molecule has 4 heterocycles. The second-order valence-corrected chi connectivity index (χ2v) is 7.07. The fourth-order valence-corrected chi connectivity index (χ4v) is 3.51. The van der Waals surface area contributed by atoms with Gasteiger partial charge >= 0.3 is 0 Å². The molecule has 4 aromatic heterocycles. The lowest BCUT2D eigenvalue weighted by Crippen LogP contribution is -2.26. The van der Waals surface area contributed by atoms with E-state index in [4.69, 9.17) is 9.72 Å². The van der Waals surface area contributed by atoms with Crippen molar-refractivity contribution in [3.63, 3.8) is 0 Å². The van der Waals surface area contributed by atoms with Crippen molar-refractivity contribution in [1.82, 2.24) is 24.3 Å². The molecule has 154 valence electrons. The van der Waals surface area contributed by atoms with Crippen molar-refractivity contribution in [3.05, 3.63) is 76.1 Å². The average Bonchev–Trinajstić information content (AvgIpc) is 3.13. The lowest BCUT2D eigenvalue weighted by molar-refractivity contribution is 0.0940. The van der Waals surface area contributed by atoms with Gasteiger partial charge in [0.15, 0.2) is 0 Å². The highest BCUT2D eigenvalue weighted by atomic mass is 16.5. The van der Waals surface area contributed by atoms with E-state index in [0.717, 1.165) is 11.3 Å². The number of ether oxygens (including phenoxy) is 1.